The molecule has 5 N–H and O–H groups in total. The van der Waals surface area contributed by atoms with E-state index >= 15 is 0 Å². The van der Waals surface area contributed by atoms with Gasteiger partial charge in [-0.25, -0.2) is 22.9 Å². The van der Waals surface area contributed by atoms with E-state index in [9.17, 15) is 32.3 Å². The number of nitrogens with two attached hydrogens (primary N) is 1. The van der Waals surface area contributed by atoms with Gasteiger partial charge in [0, 0.05) is 25.1 Å². The number of primary sulfonamides is 1. The minimum atomic E-state index is -3.43. The number of hydrogen-bond acceptors (Lipinski definition) is 9. The molecule has 2 heterocycles. The first-order chi connectivity index (χ1) is 23.0. The maximum absolute atomic E-state index is 14.5. The molecular weight excluding hydrogens is 674 g/mol. The molecule has 1 saturated carbocycles. The Hall–Kier alpha value is -3.14. The number of alkyl halides is 1. The van der Waals surface area contributed by atoms with Crippen LogP contribution in [0.5, 0.6) is 5.75 Å². The predicted octanol–water partition coefficient (Wildman–Crippen LogP) is 3.74. The van der Waals surface area contributed by atoms with Crippen molar-refractivity contribution in [1.29, 1.82) is 0 Å². The standard InChI is InChI=1S/C34H50FN5O7S2/c1-22-28(48-21-38-22)23-11-12-24(27(17-23)47-15-9-7-5-6-8-10-16-49(36,45)46)19-37-30(42)26-18-25(41)20-40(26)31(43)29(33(2,3)4)39-32(44)34(35)13-14-34/h11-12,17,21,25-26,29,41H,5-10,13-16,18-20H2,1-4H3,(H,37,42)(H,39,44)(H2,36,45,46)/t25-,26+,29-/m1/s1. The number of aliphatic hydroxyl groups excluding tert-OH is 1. The Morgan fingerprint density at radius 1 is 1.16 bits per heavy atom. The van der Waals surface area contributed by atoms with Gasteiger partial charge in [-0.05, 0) is 49.7 Å². The average molecular weight is 724 g/mol. The van der Waals surface area contributed by atoms with E-state index in [-0.39, 0.29) is 38.1 Å². The summed E-state index contributed by atoms with van der Waals surface area (Å²) in [5, 5.41) is 21.1. The second-order valence-electron chi connectivity index (χ2n) is 14.3. The maximum atomic E-state index is 14.5. The van der Waals surface area contributed by atoms with Gasteiger partial charge in [-0.1, -0.05) is 58.6 Å². The average Bonchev–Trinajstić information content (AvgIpc) is 3.43. The van der Waals surface area contributed by atoms with E-state index in [0.717, 1.165) is 53.8 Å². The van der Waals surface area contributed by atoms with E-state index in [1.807, 2.05) is 25.1 Å². The molecular formula is C34H50FN5O7S2. The van der Waals surface area contributed by atoms with Crippen molar-refractivity contribution in [2.24, 2.45) is 10.6 Å². The molecule has 1 aromatic heterocycles. The van der Waals surface area contributed by atoms with Crippen molar-refractivity contribution in [1.82, 2.24) is 20.5 Å². The topological polar surface area (TPSA) is 181 Å². The number of nitrogens with one attached hydrogen (secondary N) is 2. The minimum Gasteiger partial charge on any atom is -0.493 e. The lowest BCUT2D eigenvalue weighted by Crippen LogP contribution is -2.59. The molecule has 3 atom stereocenters. The molecule has 2 aliphatic rings. The molecule has 49 heavy (non-hydrogen) atoms. The van der Waals surface area contributed by atoms with Crippen LogP contribution in [0.15, 0.2) is 23.7 Å². The Morgan fingerprint density at radius 2 is 1.84 bits per heavy atom. The number of thiazole rings is 1. The zero-order valence-electron chi connectivity index (χ0n) is 28.8. The Balaban J connectivity index is 1.39. The lowest BCUT2D eigenvalue weighted by Gasteiger charge is -2.35. The predicted molar refractivity (Wildman–Crippen MR) is 186 cm³/mol. The lowest BCUT2D eigenvalue weighted by molar-refractivity contribution is -0.145. The molecule has 12 nitrogen and oxygen atoms in total. The number of aliphatic hydroxyl groups is 1. The number of nitrogens with zero attached hydrogens (tertiary/aromatic N) is 2. The van der Waals surface area contributed by atoms with Crippen molar-refractivity contribution in [3.05, 3.63) is 35.0 Å². The van der Waals surface area contributed by atoms with Gasteiger partial charge in [-0.15, -0.1) is 11.3 Å². The van der Waals surface area contributed by atoms with Gasteiger partial charge in [-0.3, -0.25) is 14.4 Å². The zero-order chi connectivity index (χ0) is 36.0. The van der Waals surface area contributed by atoms with Crippen molar-refractivity contribution < 1.29 is 37.0 Å². The second kappa shape index (κ2) is 16.3. The van der Waals surface area contributed by atoms with E-state index in [1.54, 1.807) is 26.3 Å². The van der Waals surface area contributed by atoms with Crippen LogP contribution in [0, 0.1) is 12.3 Å². The highest BCUT2D eigenvalue weighted by atomic mass is 32.2. The summed E-state index contributed by atoms with van der Waals surface area (Å²) in [6.07, 6.45) is 4.21. The van der Waals surface area contributed by atoms with Crippen molar-refractivity contribution in [2.45, 2.75) is 116 Å². The van der Waals surface area contributed by atoms with Crippen LogP contribution in [0.2, 0.25) is 0 Å². The quantitative estimate of drug-likeness (QED) is 0.178. The number of carbonyl (C=O) groups excluding carboxylic acids is 3. The van der Waals surface area contributed by atoms with Crippen LogP contribution < -0.4 is 20.5 Å². The molecule has 3 amide bonds. The van der Waals surface area contributed by atoms with Crippen LogP contribution in [-0.2, 0) is 31.0 Å². The second-order valence-corrected chi connectivity index (χ2v) is 16.9. The Kier molecular flexibility index (Phi) is 12.8. The number of likely N-dealkylation sites (tertiary alicyclic amines) is 1. The summed E-state index contributed by atoms with van der Waals surface area (Å²) in [6.45, 7) is 7.68. The molecule has 2 aromatic rings. The monoisotopic (exact) mass is 723 g/mol. The molecule has 4 rings (SSSR count). The van der Waals surface area contributed by atoms with Crippen LogP contribution in [0.3, 0.4) is 0 Å². The first-order valence-electron chi connectivity index (χ1n) is 16.9. The molecule has 1 aliphatic heterocycles. The van der Waals surface area contributed by atoms with Crippen LogP contribution in [0.4, 0.5) is 4.39 Å². The first-order valence-corrected chi connectivity index (χ1v) is 19.5. The van der Waals surface area contributed by atoms with Gasteiger partial charge in [-0.2, -0.15) is 0 Å². The number of β-amino-alcohol motifs (C(OH)–C–C–N with tert-alkyl or cyclic N) is 1. The molecule has 1 aromatic carbocycles. The summed E-state index contributed by atoms with van der Waals surface area (Å²) in [6, 6.07) is 3.70. The van der Waals surface area contributed by atoms with E-state index in [2.05, 4.69) is 15.6 Å². The largest absolute Gasteiger partial charge is 0.493 e. The summed E-state index contributed by atoms with van der Waals surface area (Å²) in [7, 11) is -3.43. The van der Waals surface area contributed by atoms with E-state index in [1.165, 1.54) is 16.2 Å². The molecule has 0 radical (unpaired) electrons. The third-order valence-corrected chi connectivity index (χ3v) is 10.8. The summed E-state index contributed by atoms with van der Waals surface area (Å²) < 4.78 is 42.9. The fraction of sp³-hybridized carbons (Fsp3) is 0.647. The van der Waals surface area contributed by atoms with E-state index in [0.29, 0.717) is 18.8 Å². The summed E-state index contributed by atoms with van der Waals surface area (Å²) >= 11 is 1.52. The van der Waals surface area contributed by atoms with Gasteiger partial charge >= 0.3 is 0 Å². The van der Waals surface area contributed by atoms with Gasteiger partial charge in [0.05, 0.1) is 34.5 Å². The third-order valence-electron chi connectivity index (χ3n) is 8.96. The molecule has 15 heteroatoms. The van der Waals surface area contributed by atoms with Crippen molar-refractivity contribution in [3.63, 3.8) is 0 Å². The lowest BCUT2D eigenvalue weighted by atomic mass is 9.85. The van der Waals surface area contributed by atoms with Gasteiger partial charge in [0.2, 0.25) is 21.8 Å². The summed E-state index contributed by atoms with van der Waals surface area (Å²) in [5.74, 6) is -1.22. The molecule has 2 fully saturated rings. The van der Waals surface area contributed by atoms with E-state index < -0.39 is 57.0 Å². The number of benzene rings is 1. The number of unbranched alkanes of at least 4 members (excludes halogenated alkanes) is 5. The van der Waals surface area contributed by atoms with Crippen molar-refractivity contribution in [2.75, 3.05) is 18.9 Å². The number of hydrogen-bond donors (Lipinski definition) is 4. The molecule has 1 aliphatic carbocycles. The fourth-order valence-electron chi connectivity index (χ4n) is 5.87. The fourth-order valence-corrected chi connectivity index (χ4v) is 7.28. The van der Waals surface area contributed by atoms with Crippen LogP contribution in [0.25, 0.3) is 10.4 Å². The smallest absolute Gasteiger partial charge is 0.258 e. The number of rotatable bonds is 17. The van der Waals surface area contributed by atoms with Crippen LogP contribution >= 0.6 is 11.3 Å². The van der Waals surface area contributed by atoms with Gasteiger partial charge < -0.3 is 25.4 Å². The number of aryl methyl sites for hydroxylation is 1. The normalized spacial score (nSPS) is 19.4. The molecule has 1 saturated heterocycles. The highest BCUT2D eigenvalue weighted by Crippen LogP contribution is 2.40. The molecule has 272 valence electrons. The van der Waals surface area contributed by atoms with Crippen LogP contribution in [0.1, 0.15) is 89.8 Å². The van der Waals surface area contributed by atoms with Gasteiger partial charge in [0.25, 0.3) is 5.91 Å². The number of aromatic nitrogens is 1. The minimum absolute atomic E-state index is 0.00262. The summed E-state index contributed by atoms with van der Waals surface area (Å²) in [5.41, 5.74) is 1.61. The Labute approximate surface area is 292 Å². The Morgan fingerprint density at radius 3 is 2.45 bits per heavy atom. The van der Waals surface area contributed by atoms with Crippen molar-refractivity contribution in [3.8, 4) is 16.2 Å². The van der Waals surface area contributed by atoms with Gasteiger partial charge in [0.1, 0.15) is 17.8 Å². The SMILES string of the molecule is Cc1ncsc1-c1ccc(CNC(=O)[C@@H]2C[C@@H](O)CN2C(=O)[C@@H](NC(=O)C2(F)CC2)C(C)(C)C)c(OCCCCCCCCS(N)(=O)=O)c1. The number of amides is 3. The van der Waals surface area contributed by atoms with Crippen molar-refractivity contribution >= 4 is 39.1 Å². The van der Waals surface area contributed by atoms with E-state index in [4.69, 9.17) is 9.88 Å². The molecule has 0 bridgehead atoms. The maximum Gasteiger partial charge on any atom is 0.258 e. The zero-order valence-corrected chi connectivity index (χ0v) is 30.4. The Bertz CT molecular complexity index is 1590. The summed E-state index contributed by atoms with van der Waals surface area (Å²) in [4.78, 5) is 46.5. The number of halogens is 1. The van der Waals surface area contributed by atoms with Gasteiger partial charge in [0.15, 0.2) is 5.67 Å². The number of sulfonamides is 1. The van der Waals surface area contributed by atoms with Crippen LogP contribution in [-0.4, -0.2) is 83.9 Å². The molecule has 0 unspecified atom stereocenters. The highest BCUT2D eigenvalue weighted by molar-refractivity contribution is 7.89. The third kappa shape index (κ3) is 10.9. The first kappa shape index (κ1) is 38.7. The molecule has 0 spiro atoms. The highest BCUT2D eigenvalue weighted by Gasteiger charge is 2.53. The number of carbonyl (C=O) groups is 3. The number of ether oxygens (including phenoxy) is 1.